The van der Waals surface area contributed by atoms with Crippen molar-refractivity contribution in [2.24, 2.45) is 0 Å². The molecule has 0 spiro atoms. The number of nitrogens with zero attached hydrogens (tertiary/aromatic N) is 2. The molecule has 0 fully saturated rings. The van der Waals surface area contributed by atoms with E-state index in [2.05, 4.69) is 20.5 Å². The van der Waals surface area contributed by atoms with Gasteiger partial charge in [0.2, 0.25) is 0 Å². The highest BCUT2D eigenvalue weighted by Gasteiger charge is 2.09. The number of hydrogen-bond acceptors (Lipinski definition) is 4. The van der Waals surface area contributed by atoms with E-state index in [4.69, 9.17) is 4.42 Å². The van der Waals surface area contributed by atoms with Gasteiger partial charge in [0.1, 0.15) is 5.52 Å². The standard InChI is InChI=1S/C13H12N4O2/c1-2-12-17-10-5-9(3-4-11(10)19-12)16-13(18)8-6-14-15-7-8/h3-7H,2H2,1H3,(H,14,15)(H,16,18). The highest BCUT2D eigenvalue weighted by molar-refractivity contribution is 6.04. The van der Waals surface area contributed by atoms with Crippen molar-refractivity contribution in [1.29, 1.82) is 0 Å². The number of nitrogens with one attached hydrogen (secondary N) is 2. The molecule has 1 amide bonds. The molecule has 96 valence electrons. The first-order valence-electron chi connectivity index (χ1n) is 5.96. The van der Waals surface area contributed by atoms with Gasteiger partial charge in [-0.15, -0.1) is 0 Å². The van der Waals surface area contributed by atoms with Gasteiger partial charge in [-0.3, -0.25) is 9.89 Å². The number of aromatic nitrogens is 3. The maximum atomic E-state index is 11.9. The summed E-state index contributed by atoms with van der Waals surface area (Å²) in [4.78, 5) is 16.2. The summed E-state index contributed by atoms with van der Waals surface area (Å²) in [5.74, 6) is 0.473. The van der Waals surface area contributed by atoms with E-state index in [1.165, 1.54) is 6.20 Å². The van der Waals surface area contributed by atoms with Crippen molar-refractivity contribution >= 4 is 22.7 Å². The minimum atomic E-state index is -0.215. The van der Waals surface area contributed by atoms with E-state index >= 15 is 0 Å². The number of benzene rings is 1. The number of oxazole rings is 1. The summed E-state index contributed by atoms with van der Waals surface area (Å²) in [6.45, 7) is 1.98. The summed E-state index contributed by atoms with van der Waals surface area (Å²) in [6, 6.07) is 5.37. The van der Waals surface area contributed by atoms with E-state index in [1.54, 1.807) is 24.4 Å². The van der Waals surface area contributed by atoms with Gasteiger partial charge in [-0.05, 0) is 18.2 Å². The second kappa shape index (κ2) is 4.56. The molecular weight excluding hydrogens is 244 g/mol. The topological polar surface area (TPSA) is 83.8 Å². The van der Waals surface area contributed by atoms with Crippen LogP contribution in [0, 0.1) is 0 Å². The minimum absolute atomic E-state index is 0.215. The van der Waals surface area contributed by atoms with E-state index < -0.39 is 0 Å². The van der Waals surface area contributed by atoms with Crippen molar-refractivity contribution in [2.45, 2.75) is 13.3 Å². The maximum Gasteiger partial charge on any atom is 0.258 e. The molecule has 0 radical (unpaired) electrons. The SMILES string of the molecule is CCc1nc2cc(NC(=O)c3cn[nH]c3)ccc2o1. The Labute approximate surface area is 108 Å². The van der Waals surface area contributed by atoms with Crippen LogP contribution in [-0.4, -0.2) is 21.1 Å². The zero-order valence-electron chi connectivity index (χ0n) is 10.3. The minimum Gasteiger partial charge on any atom is -0.441 e. The van der Waals surface area contributed by atoms with Gasteiger partial charge >= 0.3 is 0 Å². The van der Waals surface area contributed by atoms with Crippen molar-refractivity contribution in [3.8, 4) is 0 Å². The van der Waals surface area contributed by atoms with Crippen LogP contribution in [0.5, 0.6) is 0 Å². The quantitative estimate of drug-likeness (QED) is 0.753. The monoisotopic (exact) mass is 256 g/mol. The lowest BCUT2D eigenvalue weighted by atomic mass is 10.2. The molecule has 2 aromatic heterocycles. The number of hydrogen-bond donors (Lipinski definition) is 2. The van der Waals surface area contributed by atoms with Crippen LogP contribution >= 0.6 is 0 Å². The average molecular weight is 256 g/mol. The number of anilines is 1. The van der Waals surface area contributed by atoms with E-state index in [0.29, 0.717) is 17.1 Å². The van der Waals surface area contributed by atoms with E-state index in [0.717, 1.165) is 17.5 Å². The van der Waals surface area contributed by atoms with Crippen molar-refractivity contribution in [3.63, 3.8) is 0 Å². The normalized spacial score (nSPS) is 10.8. The van der Waals surface area contributed by atoms with Gasteiger partial charge in [-0.2, -0.15) is 5.10 Å². The van der Waals surface area contributed by atoms with Crippen LogP contribution in [0.4, 0.5) is 5.69 Å². The van der Waals surface area contributed by atoms with Crippen LogP contribution in [0.15, 0.2) is 35.0 Å². The second-order valence-electron chi connectivity index (χ2n) is 4.08. The first-order chi connectivity index (χ1) is 9.26. The first kappa shape index (κ1) is 11.5. The van der Waals surface area contributed by atoms with E-state index in [9.17, 15) is 4.79 Å². The maximum absolute atomic E-state index is 11.9. The Kier molecular flexibility index (Phi) is 2.75. The molecule has 6 heteroatoms. The third kappa shape index (κ3) is 2.20. The highest BCUT2D eigenvalue weighted by atomic mass is 16.3. The summed E-state index contributed by atoms with van der Waals surface area (Å²) in [5.41, 5.74) is 2.61. The largest absolute Gasteiger partial charge is 0.441 e. The van der Waals surface area contributed by atoms with Gasteiger partial charge in [-0.25, -0.2) is 4.98 Å². The molecule has 6 nitrogen and oxygen atoms in total. The molecule has 3 aromatic rings. The summed E-state index contributed by atoms with van der Waals surface area (Å²) < 4.78 is 5.51. The molecule has 2 N–H and O–H groups in total. The zero-order chi connectivity index (χ0) is 13.2. The average Bonchev–Trinajstić information content (AvgIpc) is 3.07. The molecule has 0 aliphatic carbocycles. The summed E-state index contributed by atoms with van der Waals surface area (Å²) in [5, 5.41) is 9.12. The van der Waals surface area contributed by atoms with Gasteiger partial charge in [-0.1, -0.05) is 6.92 Å². The summed E-state index contributed by atoms with van der Waals surface area (Å²) in [7, 11) is 0. The van der Waals surface area contributed by atoms with E-state index in [1.807, 2.05) is 6.92 Å². The fraction of sp³-hybridized carbons (Fsp3) is 0.154. The lowest BCUT2D eigenvalue weighted by Gasteiger charge is -2.02. The summed E-state index contributed by atoms with van der Waals surface area (Å²) in [6.07, 6.45) is 3.75. The predicted molar refractivity (Wildman–Crippen MR) is 69.9 cm³/mol. The lowest BCUT2D eigenvalue weighted by Crippen LogP contribution is -2.10. The predicted octanol–water partition coefficient (Wildman–Crippen LogP) is 2.37. The van der Waals surface area contributed by atoms with Gasteiger partial charge < -0.3 is 9.73 Å². The number of rotatable bonds is 3. The molecule has 0 saturated carbocycles. The van der Waals surface area contributed by atoms with Crippen molar-refractivity contribution < 1.29 is 9.21 Å². The molecule has 0 saturated heterocycles. The van der Waals surface area contributed by atoms with Crippen LogP contribution in [0.1, 0.15) is 23.2 Å². The van der Waals surface area contributed by atoms with Gasteiger partial charge in [0.05, 0.1) is 11.8 Å². The molecule has 0 unspecified atom stereocenters. The summed E-state index contributed by atoms with van der Waals surface area (Å²) >= 11 is 0. The number of amides is 1. The fourth-order valence-electron chi connectivity index (χ4n) is 1.78. The molecule has 0 bridgehead atoms. The van der Waals surface area contributed by atoms with Crippen molar-refractivity contribution in [3.05, 3.63) is 42.0 Å². The van der Waals surface area contributed by atoms with Gasteiger partial charge in [0.15, 0.2) is 11.5 Å². The third-order valence-corrected chi connectivity index (χ3v) is 2.75. The third-order valence-electron chi connectivity index (χ3n) is 2.75. The Morgan fingerprint density at radius 2 is 2.37 bits per heavy atom. The molecule has 3 rings (SSSR count). The molecule has 0 aliphatic rings. The molecule has 19 heavy (non-hydrogen) atoms. The number of aromatic amines is 1. The Morgan fingerprint density at radius 1 is 1.47 bits per heavy atom. The second-order valence-corrected chi connectivity index (χ2v) is 4.08. The van der Waals surface area contributed by atoms with Crippen molar-refractivity contribution in [1.82, 2.24) is 15.2 Å². The molecule has 0 aliphatic heterocycles. The van der Waals surface area contributed by atoms with Crippen LogP contribution < -0.4 is 5.32 Å². The number of carbonyl (C=O) groups is 1. The number of H-pyrrole nitrogens is 1. The molecule has 1 aromatic carbocycles. The van der Waals surface area contributed by atoms with Crippen LogP contribution in [0.3, 0.4) is 0 Å². The van der Waals surface area contributed by atoms with Crippen molar-refractivity contribution in [2.75, 3.05) is 5.32 Å². The Morgan fingerprint density at radius 3 is 3.11 bits per heavy atom. The van der Waals surface area contributed by atoms with Crippen LogP contribution in [-0.2, 0) is 6.42 Å². The van der Waals surface area contributed by atoms with E-state index in [-0.39, 0.29) is 5.91 Å². The smallest absolute Gasteiger partial charge is 0.258 e. The number of fused-ring (bicyclic) bond motifs is 1. The first-order valence-corrected chi connectivity index (χ1v) is 5.96. The molecule has 2 heterocycles. The zero-order valence-corrected chi connectivity index (χ0v) is 10.3. The van der Waals surface area contributed by atoms with Crippen LogP contribution in [0.25, 0.3) is 11.1 Å². The number of carbonyl (C=O) groups excluding carboxylic acids is 1. The fourth-order valence-corrected chi connectivity index (χ4v) is 1.78. The Hall–Kier alpha value is -2.63. The van der Waals surface area contributed by atoms with Gasteiger partial charge in [0, 0.05) is 18.3 Å². The Balaban J connectivity index is 1.87. The highest BCUT2D eigenvalue weighted by Crippen LogP contribution is 2.20. The van der Waals surface area contributed by atoms with Crippen LogP contribution in [0.2, 0.25) is 0 Å². The van der Waals surface area contributed by atoms with Gasteiger partial charge in [0.25, 0.3) is 5.91 Å². The Bertz CT molecular complexity index is 715. The lowest BCUT2D eigenvalue weighted by molar-refractivity contribution is 0.102. The number of aryl methyl sites for hydroxylation is 1. The molecular formula is C13H12N4O2. The molecule has 0 atom stereocenters.